The van der Waals surface area contributed by atoms with E-state index in [1.807, 2.05) is 6.07 Å². The van der Waals surface area contributed by atoms with Gasteiger partial charge in [-0.15, -0.1) is 11.3 Å². The summed E-state index contributed by atoms with van der Waals surface area (Å²) in [6.45, 7) is 3.10. The van der Waals surface area contributed by atoms with Crippen LogP contribution in [0.5, 0.6) is 0 Å². The van der Waals surface area contributed by atoms with Gasteiger partial charge in [0.05, 0.1) is 16.3 Å². The van der Waals surface area contributed by atoms with E-state index in [4.69, 9.17) is 4.98 Å². The fourth-order valence-corrected chi connectivity index (χ4v) is 3.43. The molecule has 0 fully saturated rings. The highest BCUT2D eigenvalue weighted by Crippen LogP contribution is 2.28. The molecule has 0 radical (unpaired) electrons. The molecule has 0 aliphatic carbocycles. The van der Waals surface area contributed by atoms with E-state index in [9.17, 15) is 0 Å². The van der Waals surface area contributed by atoms with Gasteiger partial charge in [-0.2, -0.15) is 0 Å². The Morgan fingerprint density at radius 2 is 1.80 bits per heavy atom. The molecule has 0 saturated carbocycles. The number of likely N-dealkylation sites (N-methyl/N-ethyl adjacent to an activating group) is 1. The number of rotatable bonds is 5. The first-order valence-electron chi connectivity index (χ1n) is 6.99. The molecule has 0 amide bonds. The zero-order chi connectivity index (χ0) is 13.8. The molecule has 102 valence electrons. The summed E-state index contributed by atoms with van der Waals surface area (Å²) in [4.78, 5) is 4.78. The number of hydrogen-bond acceptors (Lipinski definition) is 3. The average Bonchev–Trinajstić information content (AvgIpc) is 2.92. The van der Waals surface area contributed by atoms with Crippen LogP contribution in [0, 0.1) is 0 Å². The molecule has 0 aliphatic rings. The Morgan fingerprint density at radius 3 is 2.55 bits per heavy atom. The molecule has 1 atom stereocenters. The van der Waals surface area contributed by atoms with Gasteiger partial charge in [-0.25, -0.2) is 4.98 Å². The van der Waals surface area contributed by atoms with Crippen molar-refractivity contribution < 1.29 is 0 Å². The van der Waals surface area contributed by atoms with Crippen molar-refractivity contribution in [3.8, 4) is 0 Å². The minimum atomic E-state index is 0.291. The van der Waals surface area contributed by atoms with Gasteiger partial charge < -0.3 is 5.32 Å². The molecule has 20 heavy (non-hydrogen) atoms. The SMILES string of the molecule is CCNC(Cc1ccccc1)c1nc2ccccc2s1. The quantitative estimate of drug-likeness (QED) is 0.759. The Kier molecular flexibility index (Phi) is 4.09. The van der Waals surface area contributed by atoms with E-state index >= 15 is 0 Å². The first-order valence-corrected chi connectivity index (χ1v) is 7.81. The highest BCUT2D eigenvalue weighted by Gasteiger charge is 2.15. The number of para-hydroxylation sites is 1. The Bertz CT molecular complexity index is 643. The van der Waals surface area contributed by atoms with Crippen molar-refractivity contribution in [1.29, 1.82) is 0 Å². The molecule has 1 N–H and O–H groups in total. The van der Waals surface area contributed by atoms with Gasteiger partial charge in [0.2, 0.25) is 0 Å². The molecular formula is C17H18N2S. The smallest absolute Gasteiger partial charge is 0.111 e. The lowest BCUT2D eigenvalue weighted by Crippen LogP contribution is -2.22. The predicted octanol–water partition coefficient (Wildman–Crippen LogP) is 4.19. The monoisotopic (exact) mass is 282 g/mol. The number of nitrogens with one attached hydrogen (secondary N) is 1. The molecule has 0 saturated heterocycles. The van der Waals surface area contributed by atoms with Gasteiger partial charge in [0, 0.05) is 0 Å². The topological polar surface area (TPSA) is 24.9 Å². The van der Waals surface area contributed by atoms with E-state index in [1.54, 1.807) is 11.3 Å². The zero-order valence-electron chi connectivity index (χ0n) is 11.5. The molecule has 3 rings (SSSR count). The molecule has 0 aliphatic heterocycles. The molecule has 2 nitrogen and oxygen atoms in total. The van der Waals surface area contributed by atoms with Crippen molar-refractivity contribution in [2.24, 2.45) is 0 Å². The highest BCUT2D eigenvalue weighted by atomic mass is 32.1. The number of thiazole rings is 1. The maximum atomic E-state index is 4.78. The standard InChI is InChI=1S/C17H18N2S/c1-2-18-15(12-13-8-4-3-5-9-13)17-19-14-10-6-7-11-16(14)20-17/h3-11,15,18H,2,12H2,1H3. The zero-order valence-corrected chi connectivity index (χ0v) is 12.4. The van der Waals surface area contributed by atoms with E-state index in [0.29, 0.717) is 6.04 Å². The van der Waals surface area contributed by atoms with Gasteiger partial charge in [-0.1, -0.05) is 49.4 Å². The highest BCUT2D eigenvalue weighted by molar-refractivity contribution is 7.18. The second-order valence-electron chi connectivity index (χ2n) is 4.82. The molecule has 3 heteroatoms. The van der Waals surface area contributed by atoms with Gasteiger partial charge in [0.1, 0.15) is 5.01 Å². The van der Waals surface area contributed by atoms with Crippen molar-refractivity contribution >= 4 is 21.6 Å². The molecule has 1 heterocycles. The second kappa shape index (κ2) is 6.16. The lowest BCUT2D eigenvalue weighted by molar-refractivity contribution is 0.548. The Morgan fingerprint density at radius 1 is 1.05 bits per heavy atom. The van der Waals surface area contributed by atoms with Crippen molar-refractivity contribution in [2.75, 3.05) is 6.54 Å². The van der Waals surface area contributed by atoms with E-state index < -0.39 is 0 Å². The molecule has 0 bridgehead atoms. The van der Waals surface area contributed by atoms with Crippen LogP contribution in [0.15, 0.2) is 54.6 Å². The first-order chi connectivity index (χ1) is 9.86. The van der Waals surface area contributed by atoms with E-state index in [-0.39, 0.29) is 0 Å². The third kappa shape index (κ3) is 2.89. The van der Waals surface area contributed by atoms with Crippen LogP contribution >= 0.6 is 11.3 Å². The van der Waals surface area contributed by atoms with Crippen LogP contribution in [0.25, 0.3) is 10.2 Å². The maximum absolute atomic E-state index is 4.78. The number of hydrogen-bond donors (Lipinski definition) is 1. The van der Waals surface area contributed by atoms with Crippen LogP contribution in [0.4, 0.5) is 0 Å². The normalized spacial score (nSPS) is 12.7. The Labute approximate surface area is 123 Å². The Hall–Kier alpha value is -1.71. The van der Waals surface area contributed by atoms with E-state index in [2.05, 4.69) is 60.8 Å². The minimum absolute atomic E-state index is 0.291. The summed E-state index contributed by atoms with van der Waals surface area (Å²) in [5.74, 6) is 0. The molecule has 1 unspecified atom stereocenters. The van der Waals surface area contributed by atoms with Gasteiger partial charge in [-0.05, 0) is 30.7 Å². The van der Waals surface area contributed by atoms with Gasteiger partial charge in [-0.3, -0.25) is 0 Å². The van der Waals surface area contributed by atoms with Crippen molar-refractivity contribution in [3.05, 3.63) is 65.2 Å². The van der Waals surface area contributed by atoms with Crippen LogP contribution in [0.3, 0.4) is 0 Å². The van der Waals surface area contributed by atoms with Gasteiger partial charge in [0.25, 0.3) is 0 Å². The van der Waals surface area contributed by atoms with Gasteiger partial charge >= 0.3 is 0 Å². The fraction of sp³-hybridized carbons (Fsp3) is 0.235. The Balaban J connectivity index is 1.89. The van der Waals surface area contributed by atoms with E-state index in [0.717, 1.165) is 18.5 Å². The van der Waals surface area contributed by atoms with Crippen LogP contribution in [-0.4, -0.2) is 11.5 Å². The number of aromatic nitrogens is 1. The maximum Gasteiger partial charge on any atom is 0.111 e. The largest absolute Gasteiger partial charge is 0.308 e. The minimum Gasteiger partial charge on any atom is -0.308 e. The fourth-order valence-electron chi connectivity index (χ4n) is 2.38. The summed E-state index contributed by atoms with van der Waals surface area (Å²) in [5.41, 5.74) is 2.45. The summed E-state index contributed by atoms with van der Waals surface area (Å²) in [7, 11) is 0. The predicted molar refractivity (Wildman–Crippen MR) is 86.2 cm³/mol. The third-order valence-electron chi connectivity index (χ3n) is 3.34. The van der Waals surface area contributed by atoms with Gasteiger partial charge in [0.15, 0.2) is 0 Å². The number of fused-ring (bicyclic) bond motifs is 1. The molecule has 3 aromatic rings. The third-order valence-corrected chi connectivity index (χ3v) is 4.49. The summed E-state index contributed by atoms with van der Waals surface area (Å²) >= 11 is 1.79. The summed E-state index contributed by atoms with van der Waals surface area (Å²) in [5, 5.41) is 4.73. The molecule has 1 aromatic heterocycles. The molecule has 0 spiro atoms. The molecule has 2 aromatic carbocycles. The van der Waals surface area contributed by atoms with Crippen molar-refractivity contribution in [1.82, 2.24) is 10.3 Å². The number of benzene rings is 2. The summed E-state index contributed by atoms with van der Waals surface area (Å²) in [6, 6.07) is 19.2. The summed E-state index contributed by atoms with van der Waals surface area (Å²) in [6.07, 6.45) is 0.981. The summed E-state index contributed by atoms with van der Waals surface area (Å²) < 4.78 is 1.26. The van der Waals surface area contributed by atoms with Crippen LogP contribution in [0.1, 0.15) is 23.5 Å². The average molecular weight is 282 g/mol. The number of nitrogens with zero attached hydrogens (tertiary/aromatic N) is 1. The lowest BCUT2D eigenvalue weighted by atomic mass is 10.1. The second-order valence-corrected chi connectivity index (χ2v) is 5.88. The van der Waals surface area contributed by atoms with Crippen LogP contribution in [-0.2, 0) is 6.42 Å². The van der Waals surface area contributed by atoms with E-state index in [1.165, 1.54) is 15.3 Å². The van der Waals surface area contributed by atoms with Crippen molar-refractivity contribution in [2.45, 2.75) is 19.4 Å². The van der Waals surface area contributed by atoms with Crippen LogP contribution in [0.2, 0.25) is 0 Å². The molecular weight excluding hydrogens is 264 g/mol. The first kappa shape index (κ1) is 13.3. The lowest BCUT2D eigenvalue weighted by Gasteiger charge is -2.15. The van der Waals surface area contributed by atoms with Crippen LogP contribution < -0.4 is 5.32 Å². The van der Waals surface area contributed by atoms with Crippen molar-refractivity contribution in [3.63, 3.8) is 0 Å².